The van der Waals surface area contributed by atoms with E-state index in [1.807, 2.05) is 26.8 Å². The molecule has 0 radical (unpaired) electrons. The minimum absolute atomic E-state index is 0.0151. The van der Waals surface area contributed by atoms with Gasteiger partial charge in [0.15, 0.2) is 5.78 Å². The van der Waals surface area contributed by atoms with Crippen molar-refractivity contribution >= 4 is 5.78 Å². The topological polar surface area (TPSA) is 49.8 Å². The molecule has 0 aromatic carbocycles. The number of ether oxygens (including phenoxy) is 1. The standard InChI is InChI=1S/C12H18O3/c1-8-4-5-9(11(2,3)10(8)14)12(6-13)7-15-12/h4,9,13H,5-7H2,1-3H3/t9-,12+/m1/s1. The van der Waals surface area contributed by atoms with Crippen LogP contribution in [0.1, 0.15) is 27.2 Å². The Hall–Kier alpha value is -0.670. The van der Waals surface area contributed by atoms with Crippen LogP contribution in [0.2, 0.25) is 0 Å². The van der Waals surface area contributed by atoms with E-state index in [9.17, 15) is 9.90 Å². The number of allylic oxidation sites excluding steroid dienone is 2. The number of aliphatic hydroxyl groups excluding tert-OH is 1. The highest BCUT2D eigenvalue weighted by Gasteiger charge is 2.58. The molecule has 1 saturated heterocycles. The van der Waals surface area contributed by atoms with E-state index in [2.05, 4.69) is 0 Å². The van der Waals surface area contributed by atoms with Crippen LogP contribution in [0.15, 0.2) is 11.6 Å². The van der Waals surface area contributed by atoms with Gasteiger partial charge in [-0.25, -0.2) is 0 Å². The van der Waals surface area contributed by atoms with E-state index in [0.29, 0.717) is 6.61 Å². The molecule has 2 rings (SSSR count). The number of Topliss-reactive ketones (excluding diaryl/α,β-unsaturated/α-hetero) is 1. The Bertz CT molecular complexity index is 324. The van der Waals surface area contributed by atoms with Crippen molar-refractivity contribution in [1.82, 2.24) is 0 Å². The summed E-state index contributed by atoms with van der Waals surface area (Å²) in [5.74, 6) is 0.285. The molecule has 1 aliphatic heterocycles. The molecule has 3 nitrogen and oxygen atoms in total. The van der Waals surface area contributed by atoms with Gasteiger partial charge in [0, 0.05) is 11.3 Å². The van der Waals surface area contributed by atoms with Gasteiger partial charge in [0.2, 0.25) is 0 Å². The molecule has 0 unspecified atom stereocenters. The van der Waals surface area contributed by atoms with Gasteiger partial charge in [-0.05, 0) is 18.9 Å². The number of ketones is 1. The molecule has 0 amide bonds. The van der Waals surface area contributed by atoms with Crippen LogP contribution in [0.5, 0.6) is 0 Å². The molecule has 1 aliphatic carbocycles. The van der Waals surface area contributed by atoms with Crippen molar-refractivity contribution in [2.75, 3.05) is 13.2 Å². The van der Waals surface area contributed by atoms with Gasteiger partial charge in [-0.1, -0.05) is 19.9 Å². The lowest BCUT2D eigenvalue weighted by molar-refractivity contribution is -0.129. The SMILES string of the molecule is CC1=CC[C@@H]([C@]2(CO)CO2)C(C)(C)C1=O. The predicted octanol–water partition coefficient (Wildman–Crippen LogP) is 1.31. The molecule has 1 fully saturated rings. The zero-order chi connectivity index (χ0) is 11.3. The number of hydrogen-bond donors (Lipinski definition) is 1. The van der Waals surface area contributed by atoms with Gasteiger partial charge in [-0.2, -0.15) is 0 Å². The summed E-state index contributed by atoms with van der Waals surface area (Å²) in [5.41, 5.74) is -0.0287. The first-order chi connectivity index (χ1) is 6.94. The Kier molecular flexibility index (Phi) is 2.28. The first-order valence-electron chi connectivity index (χ1n) is 5.40. The summed E-state index contributed by atoms with van der Waals surface area (Å²) in [5, 5.41) is 9.34. The average Bonchev–Trinajstić information content (AvgIpc) is 2.95. The molecule has 0 aromatic heterocycles. The molecule has 0 saturated carbocycles. The summed E-state index contributed by atoms with van der Waals surface area (Å²) < 4.78 is 5.37. The maximum absolute atomic E-state index is 12.0. The van der Waals surface area contributed by atoms with Crippen molar-refractivity contribution in [3.8, 4) is 0 Å². The van der Waals surface area contributed by atoms with Crippen molar-refractivity contribution in [2.24, 2.45) is 11.3 Å². The van der Waals surface area contributed by atoms with Crippen LogP contribution in [0.4, 0.5) is 0 Å². The summed E-state index contributed by atoms with van der Waals surface area (Å²) in [6, 6.07) is 0. The van der Waals surface area contributed by atoms with Crippen molar-refractivity contribution < 1.29 is 14.6 Å². The van der Waals surface area contributed by atoms with Crippen LogP contribution in [-0.4, -0.2) is 29.7 Å². The van der Waals surface area contributed by atoms with Crippen molar-refractivity contribution in [3.63, 3.8) is 0 Å². The molecule has 0 bridgehead atoms. The van der Waals surface area contributed by atoms with E-state index in [4.69, 9.17) is 4.74 Å². The lowest BCUT2D eigenvalue weighted by atomic mass is 9.63. The number of carbonyl (C=O) groups excluding carboxylic acids is 1. The van der Waals surface area contributed by atoms with Crippen LogP contribution >= 0.6 is 0 Å². The summed E-state index contributed by atoms with van der Waals surface area (Å²) in [6.45, 7) is 6.36. The van der Waals surface area contributed by atoms with Crippen LogP contribution < -0.4 is 0 Å². The molecule has 2 aliphatic rings. The fourth-order valence-corrected chi connectivity index (χ4v) is 2.72. The highest BCUT2D eigenvalue weighted by Crippen LogP contribution is 2.50. The number of epoxide rings is 1. The maximum Gasteiger partial charge on any atom is 0.164 e. The van der Waals surface area contributed by atoms with E-state index in [1.54, 1.807) is 0 Å². The van der Waals surface area contributed by atoms with Crippen LogP contribution in [0.25, 0.3) is 0 Å². The lowest BCUT2D eigenvalue weighted by Crippen LogP contribution is -2.46. The highest BCUT2D eigenvalue weighted by molar-refractivity contribution is 6.00. The van der Waals surface area contributed by atoms with Gasteiger partial charge < -0.3 is 9.84 Å². The Balaban J connectivity index is 2.32. The quantitative estimate of drug-likeness (QED) is 0.699. The van der Waals surface area contributed by atoms with Gasteiger partial charge in [-0.3, -0.25) is 4.79 Å². The van der Waals surface area contributed by atoms with E-state index in [0.717, 1.165) is 12.0 Å². The van der Waals surface area contributed by atoms with Crippen molar-refractivity contribution in [2.45, 2.75) is 32.8 Å². The minimum Gasteiger partial charge on any atom is -0.393 e. The number of hydrogen-bond acceptors (Lipinski definition) is 3. The number of carbonyl (C=O) groups is 1. The molecule has 3 heteroatoms. The minimum atomic E-state index is -0.448. The average molecular weight is 210 g/mol. The van der Waals surface area contributed by atoms with Crippen LogP contribution in [-0.2, 0) is 9.53 Å². The summed E-state index contributed by atoms with van der Waals surface area (Å²) in [4.78, 5) is 12.0. The molecule has 0 spiro atoms. The van der Waals surface area contributed by atoms with Gasteiger partial charge in [0.1, 0.15) is 5.60 Å². The molecular weight excluding hydrogens is 192 g/mol. The molecule has 84 valence electrons. The van der Waals surface area contributed by atoms with E-state index >= 15 is 0 Å². The molecule has 1 N–H and O–H groups in total. The van der Waals surface area contributed by atoms with Gasteiger partial charge in [0.25, 0.3) is 0 Å². The van der Waals surface area contributed by atoms with E-state index in [1.165, 1.54) is 0 Å². The second kappa shape index (κ2) is 3.16. The normalized spacial score (nSPS) is 38.8. The summed E-state index contributed by atoms with van der Waals surface area (Å²) in [7, 11) is 0. The van der Waals surface area contributed by atoms with Crippen LogP contribution in [0, 0.1) is 11.3 Å². The van der Waals surface area contributed by atoms with Gasteiger partial charge in [-0.15, -0.1) is 0 Å². The molecule has 0 aromatic rings. The Morgan fingerprint density at radius 1 is 1.60 bits per heavy atom. The summed E-state index contributed by atoms with van der Waals surface area (Å²) >= 11 is 0. The molecule has 2 atom stereocenters. The smallest absolute Gasteiger partial charge is 0.164 e. The largest absolute Gasteiger partial charge is 0.393 e. The predicted molar refractivity (Wildman–Crippen MR) is 56.4 cm³/mol. The van der Waals surface area contributed by atoms with Gasteiger partial charge >= 0.3 is 0 Å². The zero-order valence-electron chi connectivity index (χ0n) is 9.54. The second-order valence-corrected chi connectivity index (χ2v) is 5.24. The molecular formula is C12H18O3. The van der Waals surface area contributed by atoms with Gasteiger partial charge in [0.05, 0.1) is 13.2 Å². The Morgan fingerprint density at radius 2 is 2.20 bits per heavy atom. The number of rotatable bonds is 2. The monoisotopic (exact) mass is 210 g/mol. The van der Waals surface area contributed by atoms with Crippen molar-refractivity contribution in [3.05, 3.63) is 11.6 Å². The Morgan fingerprint density at radius 3 is 2.67 bits per heavy atom. The highest BCUT2D eigenvalue weighted by atomic mass is 16.6. The first kappa shape index (κ1) is 10.8. The van der Waals surface area contributed by atoms with E-state index < -0.39 is 11.0 Å². The number of aliphatic hydroxyl groups is 1. The fourth-order valence-electron chi connectivity index (χ4n) is 2.72. The third-order valence-corrected chi connectivity index (χ3v) is 3.89. The third kappa shape index (κ3) is 1.45. The molecule has 15 heavy (non-hydrogen) atoms. The zero-order valence-corrected chi connectivity index (χ0v) is 9.54. The first-order valence-corrected chi connectivity index (χ1v) is 5.40. The lowest BCUT2D eigenvalue weighted by Gasteiger charge is -2.39. The Labute approximate surface area is 90.1 Å². The fraction of sp³-hybridized carbons (Fsp3) is 0.750. The maximum atomic E-state index is 12.0. The van der Waals surface area contributed by atoms with Crippen LogP contribution in [0.3, 0.4) is 0 Å². The van der Waals surface area contributed by atoms with Crippen molar-refractivity contribution in [1.29, 1.82) is 0 Å². The second-order valence-electron chi connectivity index (χ2n) is 5.24. The van der Waals surface area contributed by atoms with E-state index in [-0.39, 0.29) is 18.3 Å². The molecule has 1 heterocycles. The third-order valence-electron chi connectivity index (χ3n) is 3.89. The summed E-state index contributed by atoms with van der Waals surface area (Å²) in [6.07, 6.45) is 2.79.